The van der Waals surface area contributed by atoms with E-state index in [-0.39, 0.29) is 23.1 Å². The van der Waals surface area contributed by atoms with Crippen LogP contribution in [0.5, 0.6) is 5.75 Å². The number of nitrogens with zero attached hydrogens (tertiary/aromatic N) is 2. The van der Waals surface area contributed by atoms with Crippen LogP contribution in [-0.2, 0) is 21.4 Å². The summed E-state index contributed by atoms with van der Waals surface area (Å²) in [6, 6.07) is 7.46. The van der Waals surface area contributed by atoms with Gasteiger partial charge in [-0.05, 0) is 51.3 Å². The average molecular weight is 422 g/mol. The van der Waals surface area contributed by atoms with Crippen molar-refractivity contribution >= 4 is 15.9 Å². The molecule has 1 aromatic carbocycles. The molecule has 3 rings (SSSR count). The lowest BCUT2D eigenvalue weighted by atomic mass is 9.82. The van der Waals surface area contributed by atoms with Crippen LogP contribution in [0.4, 0.5) is 0 Å². The van der Waals surface area contributed by atoms with Gasteiger partial charge < -0.3 is 14.6 Å². The van der Waals surface area contributed by atoms with E-state index < -0.39 is 15.4 Å². The Morgan fingerprint density at radius 2 is 2.14 bits per heavy atom. The van der Waals surface area contributed by atoms with Crippen LogP contribution < -0.4 is 10.1 Å². The van der Waals surface area contributed by atoms with Crippen molar-refractivity contribution in [2.24, 2.45) is 5.41 Å². The van der Waals surface area contributed by atoms with Crippen molar-refractivity contribution in [3.05, 3.63) is 41.3 Å². The van der Waals surface area contributed by atoms with Gasteiger partial charge in [0.05, 0.1) is 12.5 Å². The summed E-state index contributed by atoms with van der Waals surface area (Å²) in [6.07, 6.45) is 1.22. The molecule has 1 aliphatic heterocycles. The first-order valence-electron chi connectivity index (χ1n) is 9.51. The fraction of sp³-hybridized carbons (Fsp3) is 0.500. The van der Waals surface area contributed by atoms with Crippen molar-refractivity contribution in [2.75, 3.05) is 20.2 Å². The Morgan fingerprint density at radius 3 is 2.79 bits per heavy atom. The molecule has 9 heteroatoms. The minimum atomic E-state index is -3.78. The summed E-state index contributed by atoms with van der Waals surface area (Å²) in [6.45, 7) is 5.82. The van der Waals surface area contributed by atoms with Crippen LogP contribution in [0.3, 0.4) is 0 Å². The van der Waals surface area contributed by atoms with Gasteiger partial charge in [-0.1, -0.05) is 17.3 Å². The standard InChI is InChI=1S/C20H27N3O5S/c1-14-18(15(2)28-22-14)29(25,26)23-10-6-9-20(3,13-23)19(24)21-12-16-7-5-8-17(11-16)27-4/h5,7-8,11H,6,9-10,12-13H2,1-4H3,(H,21,24). The highest BCUT2D eigenvalue weighted by atomic mass is 32.2. The lowest BCUT2D eigenvalue weighted by Gasteiger charge is -2.38. The topological polar surface area (TPSA) is 102 Å². The predicted molar refractivity (Wildman–Crippen MR) is 107 cm³/mol. The van der Waals surface area contributed by atoms with Crippen molar-refractivity contribution in [2.45, 2.75) is 45.1 Å². The summed E-state index contributed by atoms with van der Waals surface area (Å²) < 4.78 is 37.9. The fourth-order valence-corrected chi connectivity index (χ4v) is 5.63. The Kier molecular flexibility index (Phi) is 6.00. The second-order valence-electron chi connectivity index (χ2n) is 7.69. The number of rotatable bonds is 6. The summed E-state index contributed by atoms with van der Waals surface area (Å²) in [5, 5.41) is 6.70. The van der Waals surface area contributed by atoms with Crippen LogP contribution in [0, 0.1) is 19.3 Å². The molecule has 1 saturated heterocycles. The molecular weight excluding hydrogens is 394 g/mol. The molecule has 1 aliphatic rings. The normalized spacial score (nSPS) is 20.4. The van der Waals surface area contributed by atoms with Gasteiger partial charge in [-0.2, -0.15) is 4.31 Å². The third-order valence-electron chi connectivity index (χ3n) is 5.36. The molecular formula is C20H27N3O5S. The molecule has 2 aromatic rings. The number of aromatic nitrogens is 1. The van der Waals surface area contributed by atoms with E-state index in [1.54, 1.807) is 21.0 Å². The summed E-state index contributed by atoms with van der Waals surface area (Å²) in [4.78, 5) is 13.0. The number of amides is 1. The number of piperidine rings is 1. The first kappa shape index (κ1) is 21.3. The van der Waals surface area contributed by atoms with Gasteiger partial charge in [0.15, 0.2) is 5.76 Å². The predicted octanol–water partition coefficient (Wildman–Crippen LogP) is 2.41. The molecule has 0 radical (unpaired) electrons. The molecule has 8 nitrogen and oxygen atoms in total. The van der Waals surface area contributed by atoms with E-state index >= 15 is 0 Å². The van der Waals surface area contributed by atoms with Crippen LogP contribution in [0.2, 0.25) is 0 Å². The number of hydrogen-bond acceptors (Lipinski definition) is 6. The lowest BCUT2D eigenvalue weighted by Crippen LogP contribution is -2.51. The van der Waals surface area contributed by atoms with Crippen LogP contribution >= 0.6 is 0 Å². The first-order chi connectivity index (χ1) is 13.7. The van der Waals surface area contributed by atoms with E-state index in [1.165, 1.54) is 4.31 Å². The molecule has 1 fully saturated rings. The molecule has 1 amide bonds. The summed E-state index contributed by atoms with van der Waals surface area (Å²) >= 11 is 0. The van der Waals surface area contributed by atoms with E-state index in [1.807, 2.05) is 31.2 Å². The molecule has 1 N–H and O–H groups in total. The number of nitrogens with one attached hydrogen (secondary N) is 1. The lowest BCUT2D eigenvalue weighted by molar-refractivity contribution is -0.132. The molecule has 158 valence electrons. The van der Waals surface area contributed by atoms with Crippen molar-refractivity contribution < 1.29 is 22.5 Å². The molecule has 2 heterocycles. The first-order valence-corrected chi connectivity index (χ1v) is 11.0. The Labute approximate surface area is 171 Å². The van der Waals surface area contributed by atoms with Gasteiger partial charge >= 0.3 is 0 Å². The Balaban J connectivity index is 1.73. The summed E-state index contributed by atoms with van der Waals surface area (Å²) in [5.41, 5.74) is 0.429. The Morgan fingerprint density at radius 1 is 1.38 bits per heavy atom. The number of methoxy groups -OCH3 is 1. The van der Waals surface area contributed by atoms with Crippen molar-refractivity contribution in [1.29, 1.82) is 0 Å². The maximum absolute atomic E-state index is 13.1. The Bertz CT molecular complexity index is 982. The van der Waals surface area contributed by atoms with Gasteiger partial charge in [0.2, 0.25) is 15.9 Å². The number of benzene rings is 1. The van der Waals surface area contributed by atoms with Crippen LogP contribution in [-0.4, -0.2) is 44.0 Å². The van der Waals surface area contributed by atoms with Crippen LogP contribution in [0.1, 0.15) is 36.8 Å². The highest BCUT2D eigenvalue weighted by molar-refractivity contribution is 7.89. The Hall–Kier alpha value is -2.39. The molecule has 0 saturated carbocycles. The van der Waals surface area contributed by atoms with E-state index in [0.717, 1.165) is 11.3 Å². The van der Waals surface area contributed by atoms with E-state index in [2.05, 4.69) is 10.5 Å². The largest absolute Gasteiger partial charge is 0.497 e. The summed E-state index contributed by atoms with van der Waals surface area (Å²) in [5.74, 6) is 0.814. The highest BCUT2D eigenvalue weighted by Crippen LogP contribution is 2.34. The fourth-order valence-electron chi connectivity index (χ4n) is 3.73. The van der Waals surface area contributed by atoms with E-state index in [0.29, 0.717) is 31.6 Å². The SMILES string of the molecule is COc1cccc(CNC(=O)C2(C)CCCN(S(=O)(=O)c3c(C)noc3C)C2)c1. The smallest absolute Gasteiger partial charge is 0.248 e. The van der Waals surface area contributed by atoms with Gasteiger partial charge in [0, 0.05) is 19.6 Å². The number of carbonyl (C=O) groups excluding carboxylic acids is 1. The quantitative estimate of drug-likeness (QED) is 0.769. The number of aryl methyl sites for hydroxylation is 2. The minimum absolute atomic E-state index is 0.0959. The maximum atomic E-state index is 13.1. The number of hydrogen-bond donors (Lipinski definition) is 1. The molecule has 1 aromatic heterocycles. The zero-order valence-corrected chi connectivity index (χ0v) is 18.0. The minimum Gasteiger partial charge on any atom is -0.497 e. The highest BCUT2D eigenvalue weighted by Gasteiger charge is 2.43. The number of sulfonamides is 1. The third kappa shape index (κ3) is 4.30. The van der Waals surface area contributed by atoms with Crippen molar-refractivity contribution in [1.82, 2.24) is 14.8 Å². The zero-order chi connectivity index (χ0) is 21.2. The molecule has 1 atom stereocenters. The maximum Gasteiger partial charge on any atom is 0.248 e. The van der Waals surface area contributed by atoms with Gasteiger partial charge in [0.25, 0.3) is 0 Å². The summed E-state index contributed by atoms with van der Waals surface area (Å²) in [7, 11) is -2.19. The zero-order valence-electron chi connectivity index (χ0n) is 17.2. The molecule has 1 unspecified atom stereocenters. The van der Waals surface area contributed by atoms with Gasteiger partial charge in [-0.25, -0.2) is 8.42 Å². The van der Waals surface area contributed by atoms with Crippen molar-refractivity contribution in [3.63, 3.8) is 0 Å². The van der Waals surface area contributed by atoms with Crippen LogP contribution in [0.25, 0.3) is 0 Å². The van der Waals surface area contributed by atoms with E-state index in [9.17, 15) is 13.2 Å². The molecule has 29 heavy (non-hydrogen) atoms. The molecule has 0 aliphatic carbocycles. The van der Waals surface area contributed by atoms with Crippen molar-refractivity contribution in [3.8, 4) is 5.75 Å². The van der Waals surface area contributed by atoms with E-state index in [4.69, 9.17) is 9.26 Å². The molecule has 0 spiro atoms. The molecule has 0 bridgehead atoms. The van der Waals surface area contributed by atoms with Crippen LogP contribution in [0.15, 0.2) is 33.7 Å². The number of carbonyl (C=O) groups is 1. The van der Waals surface area contributed by atoms with Gasteiger partial charge in [-0.3, -0.25) is 4.79 Å². The third-order valence-corrected chi connectivity index (χ3v) is 7.45. The van der Waals surface area contributed by atoms with Gasteiger partial charge in [0.1, 0.15) is 16.3 Å². The second-order valence-corrected chi connectivity index (χ2v) is 9.57. The number of ether oxygens (including phenoxy) is 1. The van der Waals surface area contributed by atoms with Gasteiger partial charge in [-0.15, -0.1) is 0 Å². The monoisotopic (exact) mass is 421 g/mol. The average Bonchev–Trinajstić information content (AvgIpc) is 3.05. The second kappa shape index (κ2) is 8.16.